The first-order valence-corrected chi connectivity index (χ1v) is 12.4. The number of carbonyl (C=O) groups is 1. The number of nitrogens with zero attached hydrogens (tertiary/aromatic N) is 2. The Kier molecular flexibility index (Phi) is 7.89. The number of carbonyl (C=O) groups excluding carboxylic acids is 1. The Bertz CT molecular complexity index is 1240. The minimum absolute atomic E-state index is 0.0198. The predicted molar refractivity (Wildman–Crippen MR) is 126 cm³/mol. The van der Waals surface area contributed by atoms with E-state index in [1.165, 1.54) is 34.4 Å². The molecule has 3 aromatic rings. The number of para-hydroxylation sites is 1. The lowest BCUT2D eigenvalue weighted by Gasteiger charge is -2.19. The quantitative estimate of drug-likeness (QED) is 0.514. The summed E-state index contributed by atoms with van der Waals surface area (Å²) in [6.07, 6.45) is 1.22. The largest absolute Gasteiger partial charge is 0.324 e. The Morgan fingerprint density at radius 3 is 2.31 bits per heavy atom. The van der Waals surface area contributed by atoms with Gasteiger partial charge in [-0.05, 0) is 30.3 Å². The van der Waals surface area contributed by atoms with E-state index in [4.69, 9.17) is 0 Å². The molecule has 0 spiro atoms. The molecule has 1 aromatic heterocycles. The summed E-state index contributed by atoms with van der Waals surface area (Å²) in [6.45, 7) is 3.82. The molecule has 0 atom stereocenters. The normalized spacial score (nSPS) is 11.5. The van der Waals surface area contributed by atoms with E-state index in [0.717, 1.165) is 14.4 Å². The topological polar surface area (TPSA) is 88.5 Å². The van der Waals surface area contributed by atoms with Crippen molar-refractivity contribution in [3.05, 3.63) is 83.3 Å². The Hall–Kier alpha value is -2.88. The number of amides is 1. The van der Waals surface area contributed by atoms with Crippen molar-refractivity contribution in [1.82, 2.24) is 8.87 Å². The molecule has 0 saturated carbocycles. The number of benzene rings is 2. The lowest BCUT2D eigenvalue weighted by Crippen LogP contribution is -2.33. The van der Waals surface area contributed by atoms with Crippen molar-refractivity contribution in [2.75, 3.05) is 18.4 Å². The van der Waals surface area contributed by atoms with E-state index in [9.17, 15) is 18.0 Å². The zero-order chi connectivity index (χ0) is 23.1. The van der Waals surface area contributed by atoms with Gasteiger partial charge < -0.3 is 9.88 Å². The molecule has 0 aliphatic carbocycles. The summed E-state index contributed by atoms with van der Waals surface area (Å²) < 4.78 is 27.9. The highest BCUT2D eigenvalue weighted by Gasteiger charge is 2.22. The predicted octanol–water partition coefficient (Wildman–Crippen LogP) is 3.67. The number of rotatable bonds is 9. The van der Waals surface area contributed by atoms with Crippen LogP contribution >= 0.6 is 11.8 Å². The highest BCUT2D eigenvalue weighted by Crippen LogP contribution is 2.33. The van der Waals surface area contributed by atoms with E-state index in [0.29, 0.717) is 18.8 Å². The van der Waals surface area contributed by atoms with Gasteiger partial charge in [0.15, 0.2) is 0 Å². The van der Waals surface area contributed by atoms with Gasteiger partial charge in [-0.1, -0.05) is 55.9 Å². The van der Waals surface area contributed by atoms with E-state index >= 15 is 0 Å². The molecule has 1 amide bonds. The average molecular weight is 472 g/mol. The fraction of sp³-hybridized carbons (Fsp3) is 0.217. The van der Waals surface area contributed by atoms with Gasteiger partial charge in [-0.3, -0.25) is 9.59 Å². The minimum atomic E-state index is -3.74. The molecule has 9 heteroatoms. The van der Waals surface area contributed by atoms with Crippen molar-refractivity contribution in [1.29, 1.82) is 0 Å². The molecule has 0 bridgehead atoms. The molecule has 1 N–H and O–H groups in total. The fourth-order valence-corrected chi connectivity index (χ4v) is 5.52. The van der Waals surface area contributed by atoms with Gasteiger partial charge in [-0.25, -0.2) is 8.42 Å². The van der Waals surface area contributed by atoms with Crippen molar-refractivity contribution < 1.29 is 13.2 Å². The third-order valence-electron chi connectivity index (χ3n) is 4.75. The molecular weight excluding hydrogens is 446 g/mol. The van der Waals surface area contributed by atoms with Crippen molar-refractivity contribution in [2.45, 2.75) is 35.1 Å². The average Bonchev–Trinajstić information content (AvgIpc) is 2.78. The van der Waals surface area contributed by atoms with Crippen LogP contribution in [0.25, 0.3) is 0 Å². The lowest BCUT2D eigenvalue weighted by atomic mass is 10.3. The van der Waals surface area contributed by atoms with Crippen molar-refractivity contribution >= 4 is 33.4 Å². The monoisotopic (exact) mass is 471 g/mol. The van der Waals surface area contributed by atoms with Gasteiger partial charge in [-0.15, -0.1) is 0 Å². The van der Waals surface area contributed by atoms with Gasteiger partial charge >= 0.3 is 0 Å². The molecule has 1 heterocycles. The van der Waals surface area contributed by atoms with E-state index in [-0.39, 0.29) is 11.4 Å². The second kappa shape index (κ2) is 10.6. The molecule has 32 heavy (non-hydrogen) atoms. The van der Waals surface area contributed by atoms with Gasteiger partial charge in [0.25, 0.3) is 5.56 Å². The Morgan fingerprint density at radius 1 is 0.969 bits per heavy atom. The third kappa shape index (κ3) is 5.67. The van der Waals surface area contributed by atoms with Gasteiger partial charge in [0.2, 0.25) is 15.9 Å². The molecule has 0 saturated heterocycles. The highest BCUT2D eigenvalue weighted by molar-refractivity contribution is 7.99. The maximum Gasteiger partial charge on any atom is 0.251 e. The summed E-state index contributed by atoms with van der Waals surface area (Å²) in [5, 5.41) is 2.83. The van der Waals surface area contributed by atoms with Crippen molar-refractivity contribution in [3.8, 4) is 0 Å². The molecule has 2 aromatic carbocycles. The van der Waals surface area contributed by atoms with E-state index in [1.54, 1.807) is 19.9 Å². The summed E-state index contributed by atoms with van der Waals surface area (Å²) in [6, 6.07) is 19.6. The molecule has 0 fully saturated rings. The summed E-state index contributed by atoms with van der Waals surface area (Å²) in [4.78, 5) is 26.8. The zero-order valence-electron chi connectivity index (χ0n) is 17.9. The molecule has 0 aliphatic rings. The minimum Gasteiger partial charge on any atom is -0.324 e. The standard InChI is InChI=1S/C23H25N3O4S2/c1-3-26(4-2)32(29,30)19-14-15-23(28)25(16-19)17-22(27)24-20-12-8-9-13-21(20)31-18-10-6-5-7-11-18/h5-16H,3-4,17H2,1-2H3,(H,24,27). The number of anilines is 1. The van der Waals surface area contributed by atoms with Crippen LogP contribution in [0.4, 0.5) is 5.69 Å². The summed E-state index contributed by atoms with van der Waals surface area (Å²) in [5.41, 5.74) is 0.164. The number of sulfonamides is 1. The molecule has 0 aliphatic heterocycles. The fourth-order valence-electron chi connectivity index (χ4n) is 3.12. The van der Waals surface area contributed by atoms with Gasteiger partial charge in [0, 0.05) is 35.1 Å². The summed E-state index contributed by atoms with van der Waals surface area (Å²) >= 11 is 1.51. The van der Waals surface area contributed by atoms with E-state index in [1.807, 2.05) is 48.5 Å². The second-order valence-electron chi connectivity index (χ2n) is 6.88. The Balaban J connectivity index is 1.80. The summed E-state index contributed by atoms with van der Waals surface area (Å²) in [5.74, 6) is -0.425. The molecular formula is C23H25N3O4S2. The third-order valence-corrected chi connectivity index (χ3v) is 7.86. The maximum atomic E-state index is 12.8. The van der Waals surface area contributed by atoms with Crippen LogP contribution in [-0.4, -0.2) is 36.3 Å². The van der Waals surface area contributed by atoms with Crippen LogP contribution in [0.3, 0.4) is 0 Å². The van der Waals surface area contributed by atoms with Crippen LogP contribution in [0, 0.1) is 0 Å². The first kappa shape index (κ1) is 23.8. The first-order valence-electron chi connectivity index (χ1n) is 10.2. The molecule has 3 rings (SSSR count). The number of hydrogen-bond donors (Lipinski definition) is 1. The van der Waals surface area contributed by atoms with Crippen LogP contribution in [-0.2, 0) is 21.4 Å². The van der Waals surface area contributed by atoms with Crippen LogP contribution in [0.5, 0.6) is 0 Å². The smallest absolute Gasteiger partial charge is 0.251 e. The van der Waals surface area contributed by atoms with Crippen molar-refractivity contribution in [3.63, 3.8) is 0 Å². The van der Waals surface area contributed by atoms with E-state index < -0.39 is 21.5 Å². The first-order chi connectivity index (χ1) is 15.3. The summed E-state index contributed by atoms with van der Waals surface area (Å²) in [7, 11) is -3.74. The SMILES string of the molecule is CCN(CC)S(=O)(=O)c1ccc(=O)n(CC(=O)Nc2ccccc2Sc2ccccc2)c1. The molecule has 0 radical (unpaired) electrons. The number of pyridine rings is 1. The molecule has 0 unspecified atom stereocenters. The maximum absolute atomic E-state index is 12.8. The lowest BCUT2D eigenvalue weighted by molar-refractivity contribution is -0.116. The zero-order valence-corrected chi connectivity index (χ0v) is 19.5. The number of nitrogens with one attached hydrogen (secondary N) is 1. The molecule has 168 valence electrons. The van der Waals surface area contributed by atoms with Gasteiger partial charge in [0.05, 0.1) is 10.6 Å². The van der Waals surface area contributed by atoms with Gasteiger partial charge in [-0.2, -0.15) is 4.31 Å². The van der Waals surface area contributed by atoms with Crippen LogP contribution < -0.4 is 10.9 Å². The van der Waals surface area contributed by atoms with E-state index in [2.05, 4.69) is 5.32 Å². The highest BCUT2D eigenvalue weighted by atomic mass is 32.2. The Labute approximate surface area is 192 Å². The van der Waals surface area contributed by atoms with Crippen LogP contribution in [0.2, 0.25) is 0 Å². The van der Waals surface area contributed by atoms with Crippen LogP contribution in [0.1, 0.15) is 13.8 Å². The Morgan fingerprint density at radius 2 is 1.62 bits per heavy atom. The van der Waals surface area contributed by atoms with Crippen LogP contribution in [0.15, 0.2) is 92.4 Å². The van der Waals surface area contributed by atoms with Crippen molar-refractivity contribution in [2.24, 2.45) is 0 Å². The number of aromatic nitrogens is 1. The second-order valence-corrected chi connectivity index (χ2v) is 9.93. The van der Waals surface area contributed by atoms with Gasteiger partial charge in [0.1, 0.15) is 6.54 Å². The molecule has 7 nitrogen and oxygen atoms in total. The number of hydrogen-bond acceptors (Lipinski definition) is 5.